The average molecular weight is 307 g/mol. The van der Waals surface area contributed by atoms with Crippen molar-refractivity contribution in [3.63, 3.8) is 0 Å². The summed E-state index contributed by atoms with van der Waals surface area (Å²) in [7, 11) is 0. The van der Waals surface area contributed by atoms with Gasteiger partial charge in [-0.1, -0.05) is 49.6 Å². The number of ether oxygens (including phenoxy) is 1. The predicted octanol–water partition coefficient (Wildman–Crippen LogP) is 4.05. The maximum absolute atomic E-state index is 12.2. The molecule has 1 amide bonds. The number of benzene rings is 1. The Morgan fingerprint density at radius 1 is 1.29 bits per heavy atom. The number of rotatable bonds is 4. The molecule has 0 N–H and O–H groups in total. The fourth-order valence-electron chi connectivity index (χ4n) is 2.75. The van der Waals surface area contributed by atoms with Crippen molar-refractivity contribution in [2.75, 3.05) is 5.88 Å². The van der Waals surface area contributed by atoms with E-state index in [0.717, 1.165) is 42.6 Å². The number of carbonyl (C=O) groups is 1. The van der Waals surface area contributed by atoms with E-state index in [1.165, 1.54) is 0 Å². The Hall–Kier alpha value is -1.73. The smallest absolute Gasteiger partial charge is 0.424 e. The topological polar surface area (TPSA) is 53.3 Å². The van der Waals surface area contributed by atoms with Gasteiger partial charge in [-0.05, 0) is 18.4 Å². The molecular weight excluding hydrogens is 288 g/mol. The number of carbonyl (C=O) groups excluding carboxylic acids is 1. The Balaban J connectivity index is 2.02. The van der Waals surface area contributed by atoms with Crippen LogP contribution >= 0.6 is 11.6 Å². The van der Waals surface area contributed by atoms with Crippen LogP contribution in [0.1, 0.15) is 37.7 Å². The molecule has 1 saturated carbocycles. The molecule has 1 aliphatic rings. The summed E-state index contributed by atoms with van der Waals surface area (Å²) in [6.07, 6.45) is 5.96. The molecular formula is C16H19ClN2O2. The minimum atomic E-state index is -0.607. The number of amides is 1. The fourth-order valence-corrected chi connectivity index (χ4v) is 3.14. The molecule has 0 radical (unpaired) electrons. The summed E-state index contributed by atoms with van der Waals surface area (Å²) in [6.45, 7) is 0.163. The molecule has 1 fully saturated rings. The molecule has 5 heteroatoms. The van der Waals surface area contributed by atoms with Gasteiger partial charge in [-0.3, -0.25) is 0 Å². The molecule has 0 heterocycles. The average Bonchev–Trinajstić information content (AvgIpc) is 2.55. The number of hydrogen-bond donors (Lipinski definition) is 0. The minimum absolute atomic E-state index is 0.163. The van der Waals surface area contributed by atoms with Crippen molar-refractivity contribution in [3.05, 3.63) is 35.9 Å². The van der Waals surface area contributed by atoms with E-state index in [9.17, 15) is 10.1 Å². The second-order valence-corrected chi connectivity index (χ2v) is 5.66. The van der Waals surface area contributed by atoms with Crippen molar-refractivity contribution in [2.45, 2.75) is 44.2 Å². The minimum Gasteiger partial charge on any atom is -0.444 e. The van der Waals surface area contributed by atoms with Gasteiger partial charge in [0.1, 0.15) is 6.61 Å². The van der Waals surface area contributed by atoms with Crippen molar-refractivity contribution in [1.82, 2.24) is 4.90 Å². The molecule has 2 rings (SSSR count). The van der Waals surface area contributed by atoms with E-state index < -0.39 is 11.6 Å². The molecule has 0 atom stereocenters. The SMILES string of the molecule is N#CN(C(=O)OCc1ccccc1)C1(CCl)CCCCC1. The predicted molar refractivity (Wildman–Crippen MR) is 80.6 cm³/mol. The van der Waals surface area contributed by atoms with E-state index >= 15 is 0 Å². The summed E-state index contributed by atoms with van der Waals surface area (Å²) in [6, 6.07) is 9.42. The second-order valence-electron chi connectivity index (χ2n) is 5.39. The molecule has 21 heavy (non-hydrogen) atoms. The highest BCUT2D eigenvalue weighted by molar-refractivity contribution is 6.18. The number of hydrogen-bond acceptors (Lipinski definition) is 3. The van der Waals surface area contributed by atoms with Gasteiger partial charge in [0, 0.05) is 5.88 Å². The molecule has 1 aromatic carbocycles. The molecule has 0 aromatic heterocycles. The molecule has 0 saturated heterocycles. The third-order valence-corrected chi connectivity index (χ3v) is 4.49. The normalized spacial score (nSPS) is 16.8. The lowest BCUT2D eigenvalue weighted by Gasteiger charge is -2.40. The zero-order chi connectivity index (χ0) is 15.1. The van der Waals surface area contributed by atoms with Crippen LogP contribution in [0, 0.1) is 11.5 Å². The van der Waals surface area contributed by atoms with Crippen LogP contribution in [0.5, 0.6) is 0 Å². The third-order valence-electron chi connectivity index (χ3n) is 4.00. The largest absolute Gasteiger partial charge is 0.444 e. The molecule has 0 aliphatic heterocycles. The lowest BCUT2D eigenvalue weighted by molar-refractivity contribution is 0.0663. The van der Waals surface area contributed by atoms with Gasteiger partial charge in [-0.25, -0.2) is 9.69 Å². The highest BCUT2D eigenvalue weighted by Crippen LogP contribution is 2.35. The van der Waals surface area contributed by atoms with Gasteiger partial charge in [-0.15, -0.1) is 11.6 Å². The van der Waals surface area contributed by atoms with Gasteiger partial charge in [0.25, 0.3) is 0 Å². The van der Waals surface area contributed by atoms with Crippen LogP contribution < -0.4 is 0 Å². The molecule has 1 aromatic rings. The lowest BCUT2D eigenvalue weighted by atomic mass is 9.82. The number of nitriles is 1. The van der Waals surface area contributed by atoms with Crippen LogP contribution in [-0.4, -0.2) is 22.4 Å². The summed E-state index contributed by atoms with van der Waals surface area (Å²) >= 11 is 6.07. The van der Waals surface area contributed by atoms with Crippen LogP contribution in [0.2, 0.25) is 0 Å². The Kier molecular flexibility index (Phi) is 5.46. The van der Waals surface area contributed by atoms with Gasteiger partial charge in [-0.2, -0.15) is 5.26 Å². The van der Waals surface area contributed by atoms with Crippen molar-refractivity contribution in [2.24, 2.45) is 0 Å². The maximum Gasteiger partial charge on any atom is 0.424 e. The van der Waals surface area contributed by atoms with E-state index in [1.807, 2.05) is 36.5 Å². The molecule has 0 spiro atoms. The first-order chi connectivity index (χ1) is 10.2. The second kappa shape index (κ2) is 7.33. The van der Waals surface area contributed by atoms with Crippen LogP contribution in [0.15, 0.2) is 30.3 Å². The van der Waals surface area contributed by atoms with E-state index in [4.69, 9.17) is 16.3 Å². The standard InChI is InChI=1S/C16H19ClN2O2/c17-12-16(9-5-2-6-10-16)19(13-18)15(20)21-11-14-7-3-1-4-8-14/h1,3-4,7-8H,2,5-6,9-12H2. The molecule has 0 unspecified atom stereocenters. The number of halogens is 1. The Morgan fingerprint density at radius 2 is 1.95 bits per heavy atom. The summed E-state index contributed by atoms with van der Waals surface area (Å²) in [5, 5.41) is 9.36. The van der Waals surface area contributed by atoms with Crippen LogP contribution in [0.4, 0.5) is 4.79 Å². The zero-order valence-electron chi connectivity index (χ0n) is 11.9. The van der Waals surface area contributed by atoms with E-state index in [1.54, 1.807) is 0 Å². The summed E-state index contributed by atoms with van der Waals surface area (Å²) in [5.74, 6) is 0.265. The zero-order valence-corrected chi connectivity index (χ0v) is 12.7. The highest BCUT2D eigenvalue weighted by Gasteiger charge is 2.41. The van der Waals surface area contributed by atoms with Crippen molar-refractivity contribution in [3.8, 4) is 6.19 Å². The van der Waals surface area contributed by atoms with Crippen LogP contribution in [-0.2, 0) is 11.3 Å². The molecule has 1 aliphatic carbocycles. The molecule has 112 valence electrons. The van der Waals surface area contributed by atoms with Crippen molar-refractivity contribution < 1.29 is 9.53 Å². The fraction of sp³-hybridized carbons (Fsp3) is 0.500. The third kappa shape index (κ3) is 3.68. The first-order valence-electron chi connectivity index (χ1n) is 7.18. The first kappa shape index (κ1) is 15.7. The number of nitrogens with zero attached hydrogens (tertiary/aromatic N) is 2. The summed E-state index contributed by atoms with van der Waals surface area (Å²) in [5.41, 5.74) is 0.315. The van der Waals surface area contributed by atoms with Gasteiger partial charge in [0.15, 0.2) is 6.19 Å². The summed E-state index contributed by atoms with van der Waals surface area (Å²) < 4.78 is 5.27. The monoisotopic (exact) mass is 306 g/mol. The number of alkyl halides is 1. The van der Waals surface area contributed by atoms with Gasteiger partial charge in [0.2, 0.25) is 0 Å². The quantitative estimate of drug-likeness (QED) is 0.479. The lowest BCUT2D eigenvalue weighted by Crippen LogP contribution is -2.52. The van der Waals surface area contributed by atoms with Gasteiger partial charge < -0.3 is 4.74 Å². The van der Waals surface area contributed by atoms with Gasteiger partial charge in [0.05, 0.1) is 5.54 Å². The highest BCUT2D eigenvalue weighted by atomic mass is 35.5. The van der Waals surface area contributed by atoms with Crippen LogP contribution in [0.3, 0.4) is 0 Å². The van der Waals surface area contributed by atoms with Crippen molar-refractivity contribution in [1.29, 1.82) is 5.26 Å². The Bertz CT molecular complexity index is 507. The summed E-state index contributed by atoms with van der Waals surface area (Å²) in [4.78, 5) is 13.4. The van der Waals surface area contributed by atoms with Crippen molar-refractivity contribution >= 4 is 17.7 Å². The van der Waals surface area contributed by atoms with Gasteiger partial charge >= 0.3 is 6.09 Å². The Morgan fingerprint density at radius 3 is 2.52 bits per heavy atom. The first-order valence-corrected chi connectivity index (χ1v) is 7.72. The van der Waals surface area contributed by atoms with E-state index in [0.29, 0.717) is 0 Å². The molecule has 4 nitrogen and oxygen atoms in total. The van der Waals surface area contributed by atoms with E-state index in [2.05, 4.69) is 0 Å². The van der Waals surface area contributed by atoms with E-state index in [-0.39, 0.29) is 12.5 Å². The molecule has 0 bridgehead atoms. The Labute approximate surface area is 130 Å². The maximum atomic E-state index is 12.2. The van der Waals surface area contributed by atoms with Crippen LogP contribution in [0.25, 0.3) is 0 Å².